The minimum atomic E-state index is -4.82. The first-order chi connectivity index (χ1) is 14.4. The number of rotatable bonds is 9. The highest BCUT2D eigenvalue weighted by Crippen LogP contribution is 2.60. The molecular formula is C20H21ClF4N2O4. The zero-order valence-electron chi connectivity index (χ0n) is 16.4. The molecule has 6 nitrogen and oxygen atoms in total. The molecular weight excluding hydrogens is 444 g/mol. The number of nitrogens with one attached hydrogen (secondary N) is 2. The Morgan fingerprint density at radius 3 is 2.35 bits per heavy atom. The highest BCUT2D eigenvalue weighted by Gasteiger charge is 2.68. The number of ketones is 1. The number of Topliss-reactive ketones (excluding diaryl/α,β-unsaturated/α-hetero) is 1. The molecule has 0 saturated heterocycles. The first-order valence-electron chi connectivity index (χ1n) is 9.88. The summed E-state index contributed by atoms with van der Waals surface area (Å²) in [6.45, 7) is -0.496. The van der Waals surface area contributed by atoms with Gasteiger partial charge in [0, 0.05) is 29.5 Å². The lowest BCUT2D eigenvalue weighted by Crippen LogP contribution is -2.83. The molecule has 31 heavy (non-hydrogen) atoms. The van der Waals surface area contributed by atoms with Gasteiger partial charge in [-0.1, -0.05) is 11.6 Å². The molecule has 1 aromatic carbocycles. The SMILES string of the molecule is O=C(COC1(OC(F)(F)F)CCC1)NC12CC(NCC(=O)c3ccc(Cl)c(F)c3)(C1)C2. The Hall–Kier alpha value is -1.75. The molecule has 2 N–H and O–H groups in total. The third-order valence-corrected chi connectivity index (χ3v) is 6.49. The van der Waals surface area contributed by atoms with E-state index in [2.05, 4.69) is 15.4 Å². The van der Waals surface area contributed by atoms with Crippen LogP contribution in [0, 0.1) is 5.82 Å². The number of carbonyl (C=O) groups excluding carboxylic acids is 2. The molecule has 4 fully saturated rings. The van der Waals surface area contributed by atoms with E-state index in [0.29, 0.717) is 25.7 Å². The molecule has 0 atom stereocenters. The summed E-state index contributed by atoms with van der Waals surface area (Å²) in [6, 6.07) is 3.87. The van der Waals surface area contributed by atoms with E-state index in [1.54, 1.807) is 0 Å². The van der Waals surface area contributed by atoms with Gasteiger partial charge in [-0.2, -0.15) is 0 Å². The summed E-state index contributed by atoms with van der Waals surface area (Å²) < 4.78 is 60.2. The van der Waals surface area contributed by atoms with Crippen molar-refractivity contribution < 1.29 is 36.6 Å². The fourth-order valence-electron chi connectivity index (χ4n) is 4.63. The maximum absolute atomic E-state index is 13.5. The van der Waals surface area contributed by atoms with Gasteiger partial charge in [-0.05, 0) is 43.9 Å². The van der Waals surface area contributed by atoms with E-state index < -0.39 is 36.0 Å². The molecule has 4 aliphatic rings. The van der Waals surface area contributed by atoms with Crippen LogP contribution in [0.15, 0.2) is 18.2 Å². The summed E-state index contributed by atoms with van der Waals surface area (Å²) >= 11 is 5.61. The van der Waals surface area contributed by atoms with E-state index in [1.807, 2.05) is 0 Å². The number of alkyl halides is 3. The largest absolute Gasteiger partial charge is 0.524 e. The van der Waals surface area contributed by atoms with E-state index in [1.165, 1.54) is 12.1 Å². The third kappa shape index (κ3) is 4.72. The average Bonchev–Trinajstić information content (AvgIpc) is 2.59. The van der Waals surface area contributed by atoms with Gasteiger partial charge in [0.2, 0.25) is 5.91 Å². The van der Waals surface area contributed by atoms with Crippen molar-refractivity contribution in [1.82, 2.24) is 10.6 Å². The Balaban J connectivity index is 1.19. The number of benzene rings is 1. The summed E-state index contributed by atoms with van der Waals surface area (Å²) in [4.78, 5) is 24.4. The topological polar surface area (TPSA) is 76.7 Å². The van der Waals surface area contributed by atoms with E-state index in [4.69, 9.17) is 16.3 Å². The molecule has 0 unspecified atom stereocenters. The van der Waals surface area contributed by atoms with Crippen LogP contribution in [0.4, 0.5) is 17.6 Å². The maximum atomic E-state index is 13.5. The van der Waals surface area contributed by atoms with E-state index in [-0.39, 0.29) is 41.3 Å². The van der Waals surface area contributed by atoms with Crippen LogP contribution in [0.5, 0.6) is 0 Å². The summed E-state index contributed by atoms with van der Waals surface area (Å²) in [5.41, 5.74) is -0.490. The van der Waals surface area contributed by atoms with E-state index in [9.17, 15) is 27.2 Å². The van der Waals surface area contributed by atoms with Crippen molar-refractivity contribution in [1.29, 1.82) is 0 Å². The Labute approximate surface area is 180 Å². The summed E-state index contributed by atoms with van der Waals surface area (Å²) in [5, 5.41) is 5.91. The van der Waals surface area contributed by atoms with E-state index >= 15 is 0 Å². The lowest BCUT2D eigenvalue weighted by molar-refractivity contribution is -0.432. The van der Waals surface area contributed by atoms with Gasteiger partial charge in [0.05, 0.1) is 11.6 Å². The summed E-state index contributed by atoms with van der Waals surface area (Å²) in [5.74, 6) is -3.20. The van der Waals surface area contributed by atoms with Crippen molar-refractivity contribution in [3.63, 3.8) is 0 Å². The third-order valence-electron chi connectivity index (χ3n) is 6.18. The van der Waals surface area contributed by atoms with Gasteiger partial charge in [-0.3, -0.25) is 14.3 Å². The Morgan fingerprint density at radius 2 is 1.81 bits per heavy atom. The molecule has 5 rings (SSSR count). The molecule has 170 valence electrons. The van der Waals surface area contributed by atoms with Crippen LogP contribution >= 0.6 is 11.6 Å². The minimum absolute atomic E-state index is 0.0194. The fraction of sp³-hybridized carbons (Fsp3) is 0.600. The Morgan fingerprint density at radius 1 is 1.13 bits per heavy atom. The second kappa shape index (κ2) is 7.68. The van der Waals surface area contributed by atoms with E-state index in [0.717, 1.165) is 6.07 Å². The molecule has 0 aliphatic heterocycles. The van der Waals surface area contributed by atoms with Gasteiger partial charge < -0.3 is 15.4 Å². The van der Waals surface area contributed by atoms with Crippen molar-refractivity contribution in [2.45, 2.75) is 61.8 Å². The Kier molecular flexibility index (Phi) is 5.56. The average molecular weight is 465 g/mol. The predicted octanol–water partition coefficient (Wildman–Crippen LogP) is 3.48. The van der Waals surface area contributed by atoms with Gasteiger partial charge >= 0.3 is 6.36 Å². The smallest absolute Gasteiger partial charge is 0.348 e. The zero-order chi connectivity index (χ0) is 22.5. The van der Waals surface area contributed by atoms with Crippen LogP contribution in [0.1, 0.15) is 48.9 Å². The van der Waals surface area contributed by atoms with Crippen molar-refractivity contribution in [2.75, 3.05) is 13.2 Å². The number of halogens is 5. The first kappa shape index (κ1) is 22.4. The first-order valence-corrected chi connectivity index (χ1v) is 10.3. The maximum Gasteiger partial charge on any atom is 0.524 e. The van der Waals surface area contributed by atoms with Crippen LogP contribution < -0.4 is 10.6 Å². The van der Waals surface area contributed by atoms with Gasteiger partial charge in [0.25, 0.3) is 0 Å². The molecule has 0 aromatic heterocycles. The van der Waals surface area contributed by atoms with Gasteiger partial charge in [0.1, 0.15) is 12.4 Å². The van der Waals surface area contributed by atoms with Crippen molar-refractivity contribution in [3.05, 3.63) is 34.6 Å². The number of ether oxygens (including phenoxy) is 2. The molecule has 4 saturated carbocycles. The molecule has 1 aromatic rings. The fourth-order valence-corrected chi connectivity index (χ4v) is 4.75. The quantitative estimate of drug-likeness (QED) is 0.332. The zero-order valence-corrected chi connectivity index (χ0v) is 17.2. The predicted molar refractivity (Wildman–Crippen MR) is 101 cm³/mol. The molecule has 1 amide bonds. The highest BCUT2D eigenvalue weighted by molar-refractivity contribution is 6.30. The van der Waals surface area contributed by atoms with Crippen molar-refractivity contribution in [3.8, 4) is 0 Å². The standard InChI is InChI=1S/C20H21ClF4N2O4/c21-13-3-2-12(6-14(13)22)15(28)7-26-17-9-18(10-17,11-17)27-16(29)8-30-19(4-1-5-19)31-20(23,24)25/h2-3,6,26H,1,4-5,7-11H2,(H,27,29). The van der Waals surface area contributed by atoms with Crippen molar-refractivity contribution >= 4 is 23.3 Å². The van der Waals surface area contributed by atoms with Gasteiger partial charge in [-0.15, -0.1) is 13.2 Å². The highest BCUT2D eigenvalue weighted by atomic mass is 35.5. The van der Waals surface area contributed by atoms with Crippen LogP contribution in [0.25, 0.3) is 0 Å². The lowest BCUT2D eigenvalue weighted by Gasteiger charge is -2.70. The number of carbonyl (C=O) groups is 2. The molecule has 2 bridgehead atoms. The van der Waals surface area contributed by atoms with Crippen LogP contribution in [-0.4, -0.2) is 48.1 Å². The van der Waals surface area contributed by atoms with Crippen LogP contribution in [0.3, 0.4) is 0 Å². The van der Waals surface area contributed by atoms with Gasteiger partial charge in [-0.25, -0.2) is 4.39 Å². The van der Waals surface area contributed by atoms with Crippen LogP contribution in [0.2, 0.25) is 5.02 Å². The molecule has 0 radical (unpaired) electrons. The summed E-state index contributed by atoms with van der Waals surface area (Å²) in [6.07, 6.45) is -2.32. The molecule has 4 aliphatic carbocycles. The van der Waals surface area contributed by atoms with Crippen LogP contribution in [-0.2, 0) is 14.3 Å². The summed E-state index contributed by atoms with van der Waals surface area (Å²) in [7, 11) is 0. The normalized spacial score (nSPS) is 28.2. The second-order valence-corrected chi connectivity index (χ2v) is 9.05. The molecule has 11 heteroatoms. The van der Waals surface area contributed by atoms with Crippen molar-refractivity contribution in [2.24, 2.45) is 0 Å². The number of amides is 1. The Bertz CT molecular complexity index is 884. The monoisotopic (exact) mass is 464 g/mol. The molecule has 0 spiro atoms. The minimum Gasteiger partial charge on any atom is -0.348 e. The van der Waals surface area contributed by atoms with Gasteiger partial charge in [0.15, 0.2) is 11.6 Å². The number of hydrogen-bond donors (Lipinski definition) is 2. The molecule has 0 heterocycles. The lowest BCUT2D eigenvalue weighted by atomic mass is 9.44. The number of hydrogen-bond acceptors (Lipinski definition) is 5. The second-order valence-electron chi connectivity index (χ2n) is 8.65.